The van der Waals surface area contributed by atoms with E-state index in [9.17, 15) is 0 Å². The molecule has 11 aromatic rings. The minimum absolute atomic E-state index is 1.09. The summed E-state index contributed by atoms with van der Waals surface area (Å²) in [6.45, 7) is 0. The largest absolute Gasteiger partial charge is 0.309 e. The molecule has 0 fully saturated rings. The van der Waals surface area contributed by atoms with Crippen molar-refractivity contribution in [3.05, 3.63) is 231 Å². The number of hydrogen-bond acceptors (Lipinski definition) is 1. The normalized spacial score (nSPS) is 11.4. The fourth-order valence-corrected chi connectivity index (χ4v) is 8.94. The van der Waals surface area contributed by atoms with Crippen LogP contribution in [0.3, 0.4) is 0 Å². The van der Waals surface area contributed by atoms with Crippen LogP contribution in [0.2, 0.25) is 0 Å². The molecule has 0 atom stereocenters. The monoisotopic (exact) mass is 738 g/mol. The van der Waals surface area contributed by atoms with Gasteiger partial charge in [0.1, 0.15) is 0 Å². The third kappa shape index (κ3) is 5.66. The Balaban J connectivity index is 1.18. The van der Waals surface area contributed by atoms with E-state index in [4.69, 9.17) is 0 Å². The third-order valence-corrected chi connectivity index (χ3v) is 11.6. The molecule has 10 aromatic carbocycles. The number of anilines is 3. The molecule has 1 heterocycles. The maximum Gasteiger partial charge on any atom is 0.0562 e. The zero-order valence-corrected chi connectivity index (χ0v) is 31.8. The number of hydrogen-bond donors (Lipinski definition) is 0. The first-order valence-corrected chi connectivity index (χ1v) is 19.9. The summed E-state index contributed by atoms with van der Waals surface area (Å²) in [5.41, 5.74) is 14.0. The number of benzene rings is 10. The van der Waals surface area contributed by atoms with Crippen LogP contribution in [-0.4, -0.2) is 4.57 Å². The van der Waals surface area contributed by atoms with Gasteiger partial charge in [-0.05, 0) is 104 Å². The molecule has 0 saturated carbocycles. The van der Waals surface area contributed by atoms with E-state index in [0.717, 1.165) is 28.3 Å². The lowest BCUT2D eigenvalue weighted by Crippen LogP contribution is -2.12. The van der Waals surface area contributed by atoms with E-state index >= 15 is 0 Å². The molecule has 0 N–H and O–H groups in total. The molecular weight excluding hydrogens is 701 g/mol. The molecule has 0 bridgehead atoms. The lowest BCUT2D eigenvalue weighted by molar-refractivity contribution is 1.18. The lowest BCUT2D eigenvalue weighted by Gasteiger charge is -2.29. The second-order valence-corrected chi connectivity index (χ2v) is 14.9. The highest BCUT2D eigenvalue weighted by molar-refractivity contribution is 6.17. The average molecular weight is 739 g/mol. The predicted molar refractivity (Wildman–Crippen MR) is 247 cm³/mol. The number of rotatable bonds is 7. The van der Waals surface area contributed by atoms with Crippen LogP contribution >= 0.6 is 0 Å². The van der Waals surface area contributed by atoms with E-state index in [1.807, 2.05) is 0 Å². The topological polar surface area (TPSA) is 8.17 Å². The molecule has 0 amide bonds. The fourth-order valence-electron chi connectivity index (χ4n) is 8.94. The molecule has 58 heavy (non-hydrogen) atoms. The smallest absolute Gasteiger partial charge is 0.0562 e. The zero-order valence-electron chi connectivity index (χ0n) is 31.8. The van der Waals surface area contributed by atoms with Crippen molar-refractivity contribution in [2.24, 2.45) is 0 Å². The first-order chi connectivity index (χ1) is 28.8. The highest BCUT2D eigenvalue weighted by atomic mass is 15.2. The lowest BCUT2D eigenvalue weighted by atomic mass is 9.90. The van der Waals surface area contributed by atoms with Crippen molar-refractivity contribution in [2.45, 2.75) is 0 Å². The van der Waals surface area contributed by atoms with E-state index in [2.05, 4.69) is 240 Å². The Morgan fingerprint density at radius 3 is 1.72 bits per heavy atom. The standard InChI is InChI=1S/C56H38N2/c1-3-17-41(18-4-1)47-26-13-20-42-21-14-27-49(55(42)47)48-24-9-11-28-51(48)58(46-36-34-40(35-37-46)44-33-32-39-16-7-8-19-43(39)38-44)54-31-15-30-53-56(54)50-25-10-12-29-52(50)57(53)45-22-5-2-6-23-45/h1-38H. The van der Waals surface area contributed by atoms with Crippen molar-refractivity contribution in [3.63, 3.8) is 0 Å². The Morgan fingerprint density at radius 2 is 0.897 bits per heavy atom. The molecule has 11 rings (SSSR count). The van der Waals surface area contributed by atoms with Crippen LogP contribution in [-0.2, 0) is 0 Å². The van der Waals surface area contributed by atoms with Gasteiger partial charge < -0.3 is 9.47 Å². The Labute approximate surface area is 338 Å². The SMILES string of the molecule is c1ccc(-c2cccc3cccc(-c4ccccc4N(c4ccc(-c5ccc6ccccc6c5)cc4)c4cccc5c4c4ccccc4n5-c4ccccc4)c23)cc1. The van der Waals surface area contributed by atoms with Crippen LogP contribution in [0.25, 0.3) is 82.4 Å². The maximum atomic E-state index is 2.48. The maximum absolute atomic E-state index is 2.48. The fraction of sp³-hybridized carbons (Fsp3) is 0. The molecule has 2 nitrogen and oxygen atoms in total. The van der Waals surface area contributed by atoms with Crippen LogP contribution in [0.5, 0.6) is 0 Å². The predicted octanol–water partition coefficient (Wildman–Crippen LogP) is 15.6. The van der Waals surface area contributed by atoms with Gasteiger partial charge in [-0.2, -0.15) is 0 Å². The summed E-state index contributed by atoms with van der Waals surface area (Å²) in [6.07, 6.45) is 0. The van der Waals surface area contributed by atoms with Gasteiger partial charge in [0.15, 0.2) is 0 Å². The van der Waals surface area contributed by atoms with Gasteiger partial charge in [0, 0.05) is 27.7 Å². The summed E-state index contributed by atoms with van der Waals surface area (Å²) in [5, 5.41) is 7.37. The molecule has 0 aliphatic carbocycles. The highest BCUT2D eigenvalue weighted by Gasteiger charge is 2.24. The van der Waals surface area contributed by atoms with Gasteiger partial charge in [-0.25, -0.2) is 0 Å². The summed E-state index contributed by atoms with van der Waals surface area (Å²) in [7, 11) is 0. The first kappa shape index (κ1) is 33.6. The Hall–Kier alpha value is -7.68. The molecular formula is C56H38N2. The second kappa shape index (κ2) is 14.1. The summed E-state index contributed by atoms with van der Waals surface area (Å²) in [5.74, 6) is 0. The van der Waals surface area contributed by atoms with Gasteiger partial charge in [-0.3, -0.25) is 0 Å². The minimum atomic E-state index is 1.09. The van der Waals surface area contributed by atoms with E-state index < -0.39 is 0 Å². The third-order valence-electron chi connectivity index (χ3n) is 11.6. The molecule has 0 aliphatic heterocycles. The molecule has 0 spiro atoms. The quantitative estimate of drug-likeness (QED) is 0.158. The van der Waals surface area contributed by atoms with Gasteiger partial charge in [0.2, 0.25) is 0 Å². The van der Waals surface area contributed by atoms with E-state index in [1.165, 1.54) is 71.2 Å². The van der Waals surface area contributed by atoms with Gasteiger partial charge in [-0.15, -0.1) is 0 Å². The van der Waals surface area contributed by atoms with E-state index in [0.29, 0.717) is 0 Å². The molecule has 1 aromatic heterocycles. The van der Waals surface area contributed by atoms with E-state index in [1.54, 1.807) is 0 Å². The van der Waals surface area contributed by atoms with Gasteiger partial charge >= 0.3 is 0 Å². The van der Waals surface area contributed by atoms with Crippen LogP contribution in [0.15, 0.2) is 231 Å². The summed E-state index contributed by atoms with van der Waals surface area (Å²) < 4.78 is 2.40. The van der Waals surface area contributed by atoms with E-state index in [-0.39, 0.29) is 0 Å². The number of aromatic nitrogens is 1. The van der Waals surface area contributed by atoms with Crippen molar-refractivity contribution in [1.82, 2.24) is 4.57 Å². The summed E-state index contributed by atoms with van der Waals surface area (Å²) in [4.78, 5) is 2.48. The molecule has 0 radical (unpaired) electrons. The van der Waals surface area contributed by atoms with Gasteiger partial charge in [-0.1, -0.05) is 176 Å². The Kier molecular flexibility index (Phi) is 8.19. The zero-order chi connectivity index (χ0) is 38.4. The highest BCUT2D eigenvalue weighted by Crippen LogP contribution is 2.48. The van der Waals surface area contributed by atoms with Crippen molar-refractivity contribution in [2.75, 3.05) is 4.90 Å². The number of fused-ring (bicyclic) bond motifs is 5. The van der Waals surface area contributed by atoms with Crippen LogP contribution < -0.4 is 4.90 Å². The minimum Gasteiger partial charge on any atom is -0.309 e. The summed E-state index contributed by atoms with van der Waals surface area (Å²) in [6, 6.07) is 83.8. The molecule has 2 heteroatoms. The van der Waals surface area contributed by atoms with Gasteiger partial charge in [0.25, 0.3) is 0 Å². The van der Waals surface area contributed by atoms with Crippen molar-refractivity contribution < 1.29 is 0 Å². The number of para-hydroxylation sites is 3. The van der Waals surface area contributed by atoms with Crippen molar-refractivity contribution in [1.29, 1.82) is 0 Å². The van der Waals surface area contributed by atoms with Crippen molar-refractivity contribution in [3.8, 4) is 39.1 Å². The molecule has 272 valence electrons. The molecule has 0 aliphatic rings. The Morgan fingerprint density at radius 1 is 0.310 bits per heavy atom. The van der Waals surface area contributed by atoms with Crippen LogP contribution in [0.4, 0.5) is 17.1 Å². The second-order valence-electron chi connectivity index (χ2n) is 14.9. The first-order valence-electron chi connectivity index (χ1n) is 19.9. The average Bonchev–Trinajstić information content (AvgIpc) is 3.65. The van der Waals surface area contributed by atoms with Gasteiger partial charge in [0.05, 0.1) is 22.4 Å². The molecule has 0 saturated heterocycles. The molecule has 0 unspecified atom stereocenters. The van der Waals surface area contributed by atoms with Crippen molar-refractivity contribution >= 4 is 60.4 Å². The van der Waals surface area contributed by atoms with Crippen LogP contribution in [0, 0.1) is 0 Å². The Bertz CT molecular complexity index is 3260. The summed E-state index contributed by atoms with van der Waals surface area (Å²) >= 11 is 0. The number of nitrogens with zero attached hydrogens (tertiary/aromatic N) is 2. The van der Waals surface area contributed by atoms with Crippen LogP contribution in [0.1, 0.15) is 0 Å².